The summed E-state index contributed by atoms with van der Waals surface area (Å²) in [7, 11) is -3.69. The summed E-state index contributed by atoms with van der Waals surface area (Å²) in [6.07, 6.45) is 1.59. The van der Waals surface area contributed by atoms with Gasteiger partial charge < -0.3 is 16.0 Å². The summed E-state index contributed by atoms with van der Waals surface area (Å²) < 4.78 is 41.7. The maximum absolute atomic E-state index is 14.4. The zero-order chi connectivity index (χ0) is 24.1. The molecule has 0 saturated heterocycles. The summed E-state index contributed by atoms with van der Waals surface area (Å²) in [6, 6.07) is 19.2. The van der Waals surface area contributed by atoms with E-state index >= 15 is 0 Å². The maximum atomic E-state index is 14.4. The van der Waals surface area contributed by atoms with E-state index in [2.05, 4.69) is 20.0 Å². The topological polar surface area (TPSA) is 130 Å². The first kappa shape index (κ1) is 23.0. The number of hydrogen-bond donors (Lipinski definition) is 4. The fraction of sp³-hybridized carbons (Fsp3) is 0.0833. The second-order valence-electron chi connectivity index (χ2n) is 7.56. The minimum absolute atomic E-state index is 0.0328. The molecule has 1 amide bonds. The number of nitrogen functional groups attached to an aromatic ring is 1. The van der Waals surface area contributed by atoms with Crippen molar-refractivity contribution in [2.24, 2.45) is 0 Å². The van der Waals surface area contributed by atoms with Crippen molar-refractivity contribution in [1.82, 2.24) is 15.3 Å². The number of H-pyrrole nitrogens is 1. The molecule has 0 spiro atoms. The summed E-state index contributed by atoms with van der Waals surface area (Å²) in [5.74, 6) is -0.503. The van der Waals surface area contributed by atoms with Gasteiger partial charge in [0.1, 0.15) is 5.82 Å². The lowest BCUT2D eigenvalue weighted by molar-refractivity contribution is -0.120. The number of carbonyl (C=O) groups is 1. The van der Waals surface area contributed by atoms with Gasteiger partial charge >= 0.3 is 0 Å². The van der Waals surface area contributed by atoms with E-state index in [0.29, 0.717) is 28.1 Å². The lowest BCUT2D eigenvalue weighted by atomic mass is 10.1. The van der Waals surface area contributed by atoms with E-state index in [-0.39, 0.29) is 29.7 Å². The molecule has 34 heavy (non-hydrogen) atoms. The van der Waals surface area contributed by atoms with Gasteiger partial charge in [-0.15, -0.1) is 0 Å². The third-order valence-corrected chi connectivity index (χ3v) is 6.46. The van der Waals surface area contributed by atoms with Crippen molar-refractivity contribution in [3.63, 3.8) is 0 Å². The number of hydrogen-bond acceptors (Lipinski definition) is 5. The minimum Gasteiger partial charge on any atom is -0.369 e. The summed E-state index contributed by atoms with van der Waals surface area (Å²) in [5.41, 5.74) is 8.16. The quantitative estimate of drug-likeness (QED) is 0.308. The van der Waals surface area contributed by atoms with Crippen molar-refractivity contribution in [3.8, 4) is 11.3 Å². The molecule has 0 unspecified atom stereocenters. The van der Waals surface area contributed by atoms with Gasteiger partial charge in [-0.2, -0.15) is 0 Å². The Kier molecular flexibility index (Phi) is 6.60. The van der Waals surface area contributed by atoms with Crippen molar-refractivity contribution >= 4 is 27.6 Å². The fourth-order valence-corrected chi connectivity index (χ4v) is 4.37. The Bertz CT molecular complexity index is 1400. The number of aromatic nitrogens is 2. The van der Waals surface area contributed by atoms with Crippen molar-refractivity contribution in [2.45, 2.75) is 17.9 Å². The molecule has 8 nitrogen and oxygen atoms in total. The Balaban J connectivity index is 1.32. The predicted molar refractivity (Wildman–Crippen MR) is 128 cm³/mol. The number of nitrogens with two attached hydrogens (primary N) is 1. The number of halogens is 1. The Hall–Kier alpha value is -4.18. The highest BCUT2D eigenvalue weighted by Gasteiger charge is 2.14. The standard InChI is InChI=1S/C24H22FN5O3S/c25-21-13-17(22-15-28-24(26)29-22)8-9-18(21)14-27-23(31)12-16-6-10-19(11-7-16)30-34(32,33)20-4-2-1-3-5-20/h1-11,13,15,30H,12,14H2,(H,27,31)(H3,26,28,29). The average molecular weight is 480 g/mol. The SMILES string of the molecule is Nc1ncc(-c2ccc(CNC(=O)Cc3ccc(NS(=O)(=O)c4ccccc4)cc3)c(F)c2)[nH]1. The second kappa shape index (κ2) is 9.75. The van der Waals surface area contributed by atoms with E-state index in [0.717, 1.165) is 0 Å². The Morgan fingerprint density at radius 2 is 1.76 bits per heavy atom. The van der Waals surface area contributed by atoms with Crippen molar-refractivity contribution < 1.29 is 17.6 Å². The number of nitrogens with one attached hydrogen (secondary N) is 3. The van der Waals surface area contributed by atoms with Gasteiger partial charge in [0.2, 0.25) is 5.91 Å². The molecule has 174 valence electrons. The molecule has 0 fully saturated rings. The highest BCUT2D eigenvalue weighted by atomic mass is 32.2. The highest BCUT2D eigenvalue weighted by Crippen LogP contribution is 2.21. The van der Waals surface area contributed by atoms with Gasteiger partial charge in [0.25, 0.3) is 10.0 Å². The van der Waals surface area contributed by atoms with E-state index in [1.165, 1.54) is 24.4 Å². The first-order chi connectivity index (χ1) is 16.3. The molecule has 0 aliphatic heterocycles. The largest absolute Gasteiger partial charge is 0.369 e. The summed E-state index contributed by atoms with van der Waals surface area (Å²) >= 11 is 0. The van der Waals surface area contributed by atoms with E-state index in [1.54, 1.807) is 54.6 Å². The molecular weight excluding hydrogens is 457 g/mol. The van der Waals surface area contributed by atoms with Crippen LogP contribution in [0.5, 0.6) is 0 Å². The molecule has 0 aliphatic rings. The highest BCUT2D eigenvalue weighted by molar-refractivity contribution is 7.92. The van der Waals surface area contributed by atoms with Crippen LogP contribution in [-0.4, -0.2) is 24.3 Å². The maximum Gasteiger partial charge on any atom is 0.261 e. The van der Waals surface area contributed by atoms with Crippen LogP contribution < -0.4 is 15.8 Å². The van der Waals surface area contributed by atoms with Crippen LogP contribution in [0.15, 0.2) is 83.9 Å². The van der Waals surface area contributed by atoms with Crippen molar-refractivity contribution in [2.75, 3.05) is 10.5 Å². The van der Waals surface area contributed by atoms with E-state index < -0.39 is 15.8 Å². The van der Waals surface area contributed by atoms with Gasteiger partial charge in [-0.3, -0.25) is 9.52 Å². The number of anilines is 2. The van der Waals surface area contributed by atoms with Gasteiger partial charge in [-0.25, -0.2) is 17.8 Å². The summed E-state index contributed by atoms with van der Waals surface area (Å²) in [6.45, 7) is 0.0328. The molecule has 4 rings (SSSR count). The number of sulfonamides is 1. The van der Waals surface area contributed by atoms with Gasteiger partial charge in [0, 0.05) is 23.4 Å². The lowest BCUT2D eigenvalue weighted by Crippen LogP contribution is -2.25. The number of imidazole rings is 1. The monoisotopic (exact) mass is 479 g/mol. The lowest BCUT2D eigenvalue weighted by Gasteiger charge is -2.10. The van der Waals surface area contributed by atoms with Crippen molar-refractivity contribution in [3.05, 3.63) is 95.9 Å². The van der Waals surface area contributed by atoms with Gasteiger partial charge in [-0.05, 0) is 35.9 Å². The Morgan fingerprint density at radius 3 is 2.41 bits per heavy atom. The van der Waals surface area contributed by atoms with Crippen LogP contribution in [0.25, 0.3) is 11.3 Å². The third kappa shape index (κ3) is 5.59. The molecule has 0 radical (unpaired) electrons. The predicted octanol–water partition coefficient (Wildman–Crippen LogP) is 3.46. The summed E-state index contributed by atoms with van der Waals surface area (Å²) in [4.78, 5) is 19.2. The number of aromatic amines is 1. The van der Waals surface area contributed by atoms with Gasteiger partial charge in [0.05, 0.1) is 23.2 Å². The van der Waals surface area contributed by atoms with E-state index in [9.17, 15) is 17.6 Å². The molecular formula is C24H22FN5O3S. The second-order valence-corrected chi connectivity index (χ2v) is 9.24. The molecule has 0 aliphatic carbocycles. The number of carbonyl (C=O) groups excluding carboxylic acids is 1. The van der Waals surface area contributed by atoms with Gasteiger partial charge in [0.15, 0.2) is 5.95 Å². The van der Waals surface area contributed by atoms with Crippen LogP contribution >= 0.6 is 0 Å². The first-order valence-corrected chi connectivity index (χ1v) is 11.8. The summed E-state index contributed by atoms with van der Waals surface area (Å²) in [5, 5.41) is 2.70. The molecule has 0 atom stereocenters. The third-order valence-electron chi connectivity index (χ3n) is 5.06. The zero-order valence-electron chi connectivity index (χ0n) is 18.0. The number of rotatable bonds is 8. The molecule has 0 bridgehead atoms. The van der Waals surface area contributed by atoms with Crippen LogP contribution in [0, 0.1) is 5.82 Å². The van der Waals surface area contributed by atoms with Crippen LogP contribution in [-0.2, 0) is 27.8 Å². The molecule has 3 aromatic carbocycles. The molecule has 5 N–H and O–H groups in total. The van der Waals surface area contributed by atoms with Crippen LogP contribution in [0.2, 0.25) is 0 Å². The molecule has 0 saturated carbocycles. The fourth-order valence-electron chi connectivity index (χ4n) is 3.29. The minimum atomic E-state index is -3.69. The average Bonchev–Trinajstić information content (AvgIpc) is 3.26. The number of nitrogens with zero attached hydrogens (tertiary/aromatic N) is 1. The smallest absolute Gasteiger partial charge is 0.261 e. The van der Waals surface area contributed by atoms with E-state index in [4.69, 9.17) is 5.73 Å². The zero-order valence-corrected chi connectivity index (χ0v) is 18.8. The van der Waals surface area contributed by atoms with E-state index in [1.807, 2.05) is 0 Å². The van der Waals surface area contributed by atoms with Crippen LogP contribution in [0.1, 0.15) is 11.1 Å². The Labute approximate surface area is 196 Å². The van der Waals surface area contributed by atoms with Crippen LogP contribution in [0.3, 0.4) is 0 Å². The normalized spacial score (nSPS) is 11.2. The first-order valence-electron chi connectivity index (χ1n) is 10.3. The molecule has 4 aromatic rings. The molecule has 10 heteroatoms. The molecule has 1 heterocycles. The van der Waals surface area contributed by atoms with Crippen molar-refractivity contribution in [1.29, 1.82) is 0 Å². The molecule has 1 aromatic heterocycles. The number of benzene rings is 3. The number of amides is 1. The van der Waals surface area contributed by atoms with Gasteiger partial charge in [-0.1, -0.05) is 42.5 Å². The Morgan fingerprint density at radius 1 is 1.03 bits per heavy atom. The van der Waals surface area contributed by atoms with Crippen LogP contribution in [0.4, 0.5) is 16.0 Å².